The molecule has 6 heteroatoms. The van der Waals surface area contributed by atoms with Crippen molar-refractivity contribution in [2.24, 2.45) is 0 Å². The average Bonchev–Trinajstić information content (AvgIpc) is 2.81. The van der Waals surface area contributed by atoms with Crippen LogP contribution in [0.1, 0.15) is 5.56 Å². The molecule has 0 heterocycles. The van der Waals surface area contributed by atoms with Gasteiger partial charge in [-0.1, -0.05) is 0 Å². The fourth-order valence-electron chi connectivity index (χ4n) is 4.08. The Kier molecular flexibility index (Phi) is 6.15. The van der Waals surface area contributed by atoms with Gasteiger partial charge in [0.05, 0.1) is 0 Å². The molecule has 0 aliphatic rings. The van der Waals surface area contributed by atoms with Crippen molar-refractivity contribution in [1.82, 2.24) is 0 Å². The Morgan fingerprint density at radius 2 is 0.969 bits per heavy atom. The van der Waals surface area contributed by atoms with E-state index in [0.717, 1.165) is 21.5 Å². The molecule has 32 heavy (non-hydrogen) atoms. The third-order valence-corrected chi connectivity index (χ3v) is 15.0. The summed E-state index contributed by atoms with van der Waals surface area (Å²) in [7, 11) is 0. The number of alkyl halides is 3. The van der Waals surface area contributed by atoms with Crippen molar-refractivity contribution < 1.29 is 17.9 Å². The van der Waals surface area contributed by atoms with Crippen LogP contribution in [0.2, 0.25) is 0 Å². The monoisotopic (exact) mass is 516 g/mol. The topological polar surface area (TPSA) is 9.23 Å². The van der Waals surface area contributed by atoms with Crippen LogP contribution >= 0.6 is 20.8 Å². The molecule has 0 saturated carbocycles. The van der Waals surface area contributed by atoms with Crippen LogP contribution in [0.25, 0.3) is 0 Å². The van der Waals surface area contributed by atoms with E-state index in [1.807, 2.05) is 54.6 Å². The van der Waals surface area contributed by atoms with Gasteiger partial charge in [0.2, 0.25) is 0 Å². The molecule has 0 atom stereocenters. The quantitative estimate of drug-likeness (QED) is 0.252. The zero-order valence-corrected chi connectivity index (χ0v) is 19.5. The Bertz CT molecular complexity index is 1070. The van der Waals surface area contributed by atoms with Crippen LogP contribution in [0, 0.1) is 0 Å². The molecule has 0 aliphatic carbocycles. The van der Waals surface area contributed by atoms with E-state index in [1.54, 1.807) is 12.1 Å². The van der Waals surface area contributed by atoms with Crippen LogP contribution in [0.4, 0.5) is 13.2 Å². The summed E-state index contributed by atoms with van der Waals surface area (Å²) in [6, 6.07) is 36.9. The summed E-state index contributed by atoms with van der Waals surface area (Å²) in [5.74, 6) is -0.227. The number of hydrogen-bond acceptors (Lipinski definition) is 1. The predicted octanol–water partition coefficient (Wildman–Crippen LogP) is 6.92. The van der Waals surface area contributed by atoms with Crippen LogP contribution in [-0.4, -0.2) is 6.36 Å². The first kappa shape index (κ1) is 22.6. The summed E-state index contributed by atoms with van der Waals surface area (Å²) in [5, 5.41) is 0.238. The van der Waals surface area contributed by atoms with Crippen molar-refractivity contribution in [3.63, 3.8) is 0 Å². The number of benzene rings is 4. The molecule has 4 rings (SSSR count). The standard InChI is InChI=1S/C26H21BrF3OP/c27-32(23-10-4-1-5-11-23,24-12-6-2-7-13-24,25-14-8-3-9-15-25)20-21-16-18-22(19-17-21)31-26(28,29)30/h1-19H,20H2. The summed E-state index contributed by atoms with van der Waals surface area (Å²) in [6.07, 6.45) is -4.12. The predicted molar refractivity (Wildman–Crippen MR) is 131 cm³/mol. The van der Waals surface area contributed by atoms with E-state index in [1.165, 1.54) is 12.1 Å². The Balaban J connectivity index is 1.92. The van der Waals surface area contributed by atoms with Gasteiger partial charge >= 0.3 is 194 Å². The number of rotatable bonds is 6. The van der Waals surface area contributed by atoms with Gasteiger partial charge in [0.15, 0.2) is 0 Å². The van der Waals surface area contributed by atoms with Crippen LogP contribution in [0.3, 0.4) is 0 Å². The van der Waals surface area contributed by atoms with E-state index >= 15 is 0 Å². The van der Waals surface area contributed by atoms with E-state index in [9.17, 15) is 13.2 Å². The van der Waals surface area contributed by atoms with Gasteiger partial charge < -0.3 is 0 Å². The number of hydrogen-bond donors (Lipinski definition) is 0. The van der Waals surface area contributed by atoms with Gasteiger partial charge in [0, 0.05) is 0 Å². The van der Waals surface area contributed by atoms with E-state index < -0.39 is 11.7 Å². The molecular weight excluding hydrogens is 496 g/mol. The molecule has 4 aromatic carbocycles. The Morgan fingerprint density at radius 3 is 1.31 bits per heavy atom. The van der Waals surface area contributed by atoms with Gasteiger partial charge in [-0.2, -0.15) is 0 Å². The fraction of sp³-hybridized carbons (Fsp3) is 0.0769. The van der Waals surface area contributed by atoms with E-state index in [-0.39, 0.29) is 5.75 Å². The normalized spacial score (nSPS) is 13.2. The van der Waals surface area contributed by atoms with Crippen molar-refractivity contribution in [3.05, 3.63) is 121 Å². The van der Waals surface area contributed by atoms with Gasteiger partial charge in [-0.15, -0.1) is 0 Å². The molecule has 0 amide bonds. The summed E-state index contributed by atoms with van der Waals surface area (Å²) in [6.45, 7) is 0. The van der Waals surface area contributed by atoms with Crippen molar-refractivity contribution >= 4 is 36.7 Å². The molecule has 0 fully saturated rings. The Labute approximate surface area is 193 Å². The van der Waals surface area contributed by atoms with Crippen LogP contribution in [0.15, 0.2) is 115 Å². The van der Waals surface area contributed by atoms with Gasteiger partial charge in [0.25, 0.3) is 0 Å². The molecule has 0 aliphatic heterocycles. The van der Waals surface area contributed by atoms with Crippen LogP contribution in [-0.2, 0) is 6.16 Å². The van der Waals surface area contributed by atoms with Gasteiger partial charge in [-0.05, 0) is 0 Å². The van der Waals surface area contributed by atoms with Gasteiger partial charge in [-0.3, -0.25) is 0 Å². The second-order valence-corrected chi connectivity index (χ2v) is 16.5. The zero-order valence-electron chi connectivity index (χ0n) is 17.0. The Hall–Kier alpha value is -2.62. The van der Waals surface area contributed by atoms with E-state index in [0.29, 0.717) is 6.16 Å². The minimum atomic E-state index is -4.71. The summed E-state index contributed by atoms with van der Waals surface area (Å²) < 4.78 is 41.9. The number of ether oxygens (including phenoxy) is 1. The Morgan fingerprint density at radius 1 is 0.594 bits per heavy atom. The van der Waals surface area contributed by atoms with Crippen LogP contribution in [0.5, 0.6) is 5.75 Å². The SMILES string of the molecule is FC(F)(F)Oc1ccc(CP(Br)(c2ccccc2)(c2ccccc2)c2ccccc2)cc1. The zero-order chi connectivity index (χ0) is 22.7. The van der Waals surface area contributed by atoms with Gasteiger partial charge in [-0.25, -0.2) is 0 Å². The van der Waals surface area contributed by atoms with Crippen molar-refractivity contribution in [1.29, 1.82) is 0 Å². The first-order valence-corrected chi connectivity index (χ1v) is 14.5. The fourth-order valence-corrected chi connectivity index (χ4v) is 11.8. The number of halogens is 4. The average molecular weight is 517 g/mol. The molecule has 4 aromatic rings. The van der Waals surface area contributed by atoms with E-state index in [2.05, 4.69) is 56.6 Å². The third kappa shape index (κ3) is 4.32. The van der Waals surface area contributed by atoms with Crippen LogP contribution < -0.4 is 20.7 Å². The first-order chi connectivity index (χ1) is 15.3. The van der Waals surface area contributed by atoms with Crippen molar-refractivity contribution in [2.75, 3.05) is 0 Å². The summed E-state index contributed by atoms with van der Waals surface area (Å²) in [4.78, 5) is 0. The molecule has 0 aromatic heterocycles. The summed E-state index contributed by atoms with van der Waals surface area (Å²) >= 11 is 4.34. The summed E-state index contributed by atoms with van der Waals surface area (Å²) in [5.41, 5.74) is 0.908. The van der Waals surface area contributed by atoms with Gasteiger partial charge in [0.1, 0.15) is 0 Å². The maximum atomic E-state index is 12.6. The second-order valence-electron chi connectivity index (χ2n) is 7.54. The molecule has 164 valence electrons. The molecule has 0 unspecified atom stereocenters. The van der Waals surface area contributed by atoms with E-state index in [4.69, 9.17) is 0 Å². The van der Waals surface area contributed by atoms with Crippen molar-refractivity contribution in [2.45, 2.75) is 12.5 Å². The molecule has 0 radical (unpaired) electrons. The second kappa shape index (κ2) is 8.73. The molecule has 0 bridgehead atoms. The minimum absolute atomic E-state index is 0.227. The molecule has 0 spiro atoms. The first-order valence-electron chi connectivity index (χ1n) is 10.0. The molecule has 0 saturated heterocycles. The third-order valence-electron chi connectivity index (χ3n) is 5.52. The molecule has 0 N–H and O–H groups in total. The molecule has 1 nitrogen and oxygen atoms in total. The van der Waals surface area contributed by atoms with Crippen molar-refractivity contribution in [3.8, 4) is 5.75 Å². The maximum absolute atomic E-state index is 12.6. The molecular formula is C26H21BrF3OP.